The molecule has 0 radical (unpaired) electrons. The van der Waals surface area contributed by atoms with Crippen LogP contribution >= 0.6 is 23.2 Å². The van der Waals surface area contributed by atoms with Gasteiger partial charge in [-0.2, -0.15) is 0 Å². The molecule has 5 nitrogen and oxygen atoms in total. The fraction of sp³-hybridized carbons (Fsp3) is 0.286. The number of carbonyl (C=O) groups excluding carboxylic acids is 1. The van der Waals surface area contributed by atoms with Crippen LogP contribution in [0.3, 0.4) is 0 Å². The maximum Gasteiger partial charge on any atom is 0.222 e. The number of rotatable bonds is 7. The quantitative estimate of drug-likeness (QED) is 0.503. The Morgan fingerprint density at radius 3 is 2.71 bits per heavy atom. The van der Waals surface area contributed by atoms with Crippen molar-refractivity contribution in [2.24, 2.45) is 0 Å². The molecular weight excluding hydrogens is 397 g/mol. The molecule has 0 saturated carbocycles. The topological polar surface area (TPSA) is 55.3 Å². The molecular formula is C21H21Cl2N3O2. The van der Waals surface area contributed by atoms with E-state index in [1.807, 2.05) is 31.2 Å². The Kier molecular flexibility index (Phi) is 6.70. The molecule has 3 aromatic rings. The number of hydrogen-bond acceptors (Lipinski definition) is 4. The highest BCUT2D eigenvalue weighted by Gasteiger charge is 2.13. The van der Waals surface area contributed by atoms with Gasteiger partial charge in [0, 0.05) is 24.5 Å². The third-order valence-electron chi connectivity index (χ3n) is 4.35. The zero-order chi connectivity index (χ0) is 20.1. The van der Waals surface area contributed by atoms with Gasteiger partial charge in [0.15, 0.2) is 0 Å². The summed E-state index contributed by atoms with van der Waals surface area (Å²) >= 11 is 12.0. The van der Waals surface area contributed by atoms with Crippen LogP contribution in [0.5, 0.6) is 5.75 Å². The molecule has 0 aliphatic rings. The molecule has 146 valence electrons. The number of para-hydroxylation sites is 1. The van der Waals surface area contributed by atoms with Crippen molar-refractivity contribution in [2.45, 2.75) is 26.3 Å². The SMILES string of the molecule is Cc1nc(CN(C)C(=O)CCCOc2cccc(Cl)c2Cl)nc2ccccc12. The summed E-state index contributed by atoms with van der Waals surface area (Å²) in [6.45, 7) is 2.70. The molecule has 3 rings (SSSR count). The zero-order valence-electron chi connectivity index (χ0n) is 15.8. The molecule has 2 aromatic carbocycles. The van der Waals surface area contributed by atoms with E-state index in [0.717, 1.165) is 16.6 Å². The lowest BCUT2D eigenvalue weighted by Gasteiger charge is -2.17. The van der Waals surface area contributed by atoms with E-state index in [4.69, 9.17) is 27.9 Å². The number of carbonyl (C=O) groups is 1. The van der Waals surface area contributed by atoms with Crippen LogP contribution in [0.1, 0.15) is 24.4 Å². The maximum atomic E-state index is 12.4. The zero-order valence-corrected chi connectivity index (χ0v) is 17.3. The fourth-order valence-corrected chi connectivity index (χ4v) is 3.20. The second-order valence-electron chi connectivity index (χ2n) is 6.50. The van der Waals surface area contributed by atoms with Crippen molar-refractivity contribution in [1.82, 2.24) is 14.9 Å². The standard InChI is InChI=1S/C21H21Cl2N3O2/c1-14-15-7-3-4-9-17(15)25-19(24-14)13-26(2)20(27)11-6-12-28-18-10-5-8-16(22)21(18)23/h3-5,7-10H,6,11-13H2,1-2H3. The van der Waals surface area contributed by atoms with Crippen molar-refractivity contribution in [3.8, 4) is 5.75 Å². The molecule has 0 aliphatic carbocycles. The smallest absolute Gasteiger partial charge is 0.222 e. The minimum Gasteiger partial charge on any atom is -0.492 e. The van der Waals surface area contributed by atoms with Crippen molar-refractivity contribution in [2.75, 3.05) is 13.7 Å². The number of benzene rings is 2. The maximum absolute atomic E-state index is 12.4. The highest BCUT2D eigenvalue weighted by atomic mass is 35.5. The number of ether oxygens (including phenoxy) is 1. The second-order valence-corrected chi connectivity index (χ2v) is 7.28. The summed E-state index contributed by atoms with van der Waals surface area (Å²) in [5.41, 5.74) is 1.80. The number of aromatic nitrogens is 2. The molecule has 0 atom stereocenters. The second kappa shape index (κ2) is 9.22. The molecule has 0 bridgehead atoms. The summed E-state index contributed by atoms with van der Waals surface area (Å²) in [5.74, 6) is 1.17. The van der Waals surface area contributed by atoms with Crippen LogP contribution in [0.15, 0.2) is 42.5 Å². The molecule has 0 unspecified atom stereocenters. The number of fused-ring (bicyclic) bond motifs is 1. The fourth-order valence-electron chi connectivity index (χ4n) is 2.86. The van der Waals surface area contributed by atoms with Crippen LogP contribution in [0.4, 0.5) is 0 Å². The third kappa shape index (κ3) is 4.91. The van der Waals surface area contributed by atoms with E-state index in [-0.39, 0.29) is 5.91 Å². The Morgan fingerprint density at radius 1 is 1.11 bits per heavy atom. The van der Waals surface area contributed by atoms with E-state index < -0.39 is 0 Å². The minimum atomic E-state index is 0.00945. The summed E-state index contributed by atoms with van der Waals surface area (Å²) in [5, 5.41) is 1.86. The molecule has 0 aliphatic heterocycles. The van der Waals surface area contributed by atoms with Crippen LogP contribution in [-0.4, -0.2) is 34.4 Å². The summed E-state index contributed by atoms with van der Waals surface area (Å²) in [6.07, 6.45) is 0.935. The Labute approximate surface area is 174 Å². The van der Waals surface area contributed by atoms with Gasteiger partial charge in [-0.1, -0.05) is 47.5 Å². The Balaban J connectivity index is 1.51. The molecule has 1 heterocycles. The molecule has 1 aromatic heterocycles. The molecule has 0 spiro atoms. The monoisotopic (exact) mass is 417 g/mol. The molecule has 0 saturated heterocycles. The summed E-state index contributed by atoms with van der Waals surface area (Å²) in [4.78, 5) is 23.1. The first-order valence-corrected chi connectivity index (χ1v) is 9.74. The van der Waals surface area contributed by atoms with Crippen molar-refractivity contribution in [3.63, 3.8) is 0 Å². The van der Waals surface area contributed by atoms with Gasteiger partial charge >= 0.3 is 0 Å². The lowest BCUT2D eigenvalue weighted by molar-refractivity contribution is -0.130. The first-order valence-electron chi connectivity index (χ1n) is 8.98. The summed E-state index contributed by atoms with van der Waals surface area (Å²) < 4.78 is 5.62. The van der Waals surface area contributed by atoms with Crippen LogP contribution in [0, 0.1) is 6.92 Å². The summed E-state index contributed by atoms with van der Waals surface area (Å²) in [6, 6.07) is 13.1. The predicted octanol–water partition coefficient (Wildman–Crippen LogP) is 5.06. The average Bonchev–Trinajstić information content (AvgIpc) is 2.68. The van der Waals surface area contributed by atoms with Gasteiger partial charge in [0.2, 0.25) is 5.91 Å². The van der Waals surface area contributed by atoms with E-state index >= 15 is 0 Å². The van der Waals surface area contributed by atoms with Gasteiger partial charge in [-0.05, 0) is 31.5 Å². The Bertz CT molecular complexity index is 995. The van der Waals surface area contributed by atoms with Gasteiger partial charge in [0.1, 0.15) is 16.6 Å². The first-order chi connectivity index (χ1) is 13.5. The number of hydrogen-bond donors (Lipinski definition) is 0. The van der Waals surface area contributed by atoms with E-state index in [1.54, 1.807) is 30.1 Å². The predicted molar refractivity (Wildman–Crippen MR) is 112 cm³/mol. The molecule has 7 heteroatoms. The van der Waals surface area contributed by atoms with Crippen LogP contribution < -0.4 is 4.74 Å². The summed E-state index contributed by atoms with van der Waals surface area (Å²) in [7, 11) is 1.75. The largest absolute Gasteiger partial charge is 0.492 e. The third-order valence-corrected chi connectivity index (χ3v) is 5.15. The Morgan fingerprint density at radius 2 is 1.89 bits per heavy atom. The number of aryl methyl sites for hydroxylation is 1. The molecule has 1 amide bonds. The molecule has 28 heavy (non-hydrogen) atoms. The van der Waals surface area contributed by atoms with Gasteiger partial charge in [-0.15, -0.1) is 0 Å². The minimum absolute atomic E-state index is 0.00945. The lowest BCUT2D eigenvalue weighted by Crippen LogP contribution is -2.27. The van der Waals surface area contributed by atoms with Gasteiger partial charge in [0.25, 0.3) is 0 Å². The van der Waals surface area contributed by atoms with Gasteiger partial charge in [-0.3, -0.25) is 4.79 Å². The number of amides is 1. The molecule has 0 fully saturated rings. The van der Waals surface area contributed by atoms with Crippen molar-refractivity contribution in [3.05, 3.63) is 64.0 Å². The first kappa shape index (κ1) is 20.4. The van der Waals surface area contributed by atoms with Crippen molar-refractivity contribution >= 4 is 40.0 Å². The highest BCUT2D eigenvalue weighted by Crippen LogP contribution is 2.31. The van der Waals surface area contributed by atoms with Crippen LogP contribution in [0.25, 0.3) is 10.9 Å². The average molecular weight is 418 g/mol. The van der Waals surface area contributed by atoms with Crippen LogP contribution in [0.2, 0.25) is 10.0 Å². The lowest BCUT2D eigenvalue weighted by atomic mass is 10.2. The van der Waals surface area contributed by atoms with Gasteiger partial charge < -0.3 is 9.64 Å². The van der Waals surface area contributed by atoms with Crippen molar-refractivity contribution < 1.29 is 9.53 Å². The van der Waals surface area contributed by atoms with E-state index in [9.17, 15) is 4.79 Å². The van der Waals surface area contributed by atoms with E-state index in [1.165, 1.54) is 0 Å². The number of halogens is 2. The van der Waals surface area contributed by atoms with Crippen molar-refractivity contribution in [1.29, 1.82) is 0 Å². The van der Waals surface area contributed by atoms with E-state index in [2.05, 4.69) is 9.97 Å². The normalized spacial score (nSPS) is 10.9. The van der Waals surface area contributed by atoms with Crippen LogP contribution in [-0.2, 0) is 11.3 Å². The van der Waals surface area contributed by atoms with Gasteiger partial charge in [0.05, 0.1) is 23.7 Å². The van der Waals surface area contributed by atoms with E-state index in [0.29, 0.717) is 47.6 Å². The number of nitrogens with zero attached hydrogens (tertiary/aromatic N) is 3. The molecule has 0 N–H and O–H groups in total. The van der Waals surface area contributed by atoms with Gasteiger partial charge in [-0.25, -0.2) is 9.97 Å². The Hall–Kier alpha value is -2.37. The highest BCUT2D eigenvalue weighted by molar-refractivity contribution is 6.42.